The van der Waals surface area contributed by atoms with Gasteiger partial charge in [0.25, 0.3) is 0 Å². The summed E-state index contributed by atoms with van der Waals surface area (Å²) in [5.74, 6) is 5.28. The number of aliphatic hydroxyl groups excluding tert-OH is 2. The lowest BCUT2D eigenvalue weighted by Crippen LogP contribution is -2.26. The second kappa shape index (κ2) is 8.65. The van der Waals surface area contributed by atoms with E-state index in [1.54, 1.807) is 12.1 Å². The van der Waals surface area contributed by atoms with Gasteiger partial charge in [0.1, 0.15) is 5.82 Å². The number of hydrogen-bond acceptors (Lipinski definition) is 3. The van der Waals surface area contributed by atoms with Gasteiger partial charge in [0, 0.05) is 30.6 Å². The highest BCUT2D eigenvalue weighted by Gasteiger charge is 2.07. The van der Waals surface area contributed by atoms with Crippen LogP contribution in [0.4, 0.5) is 4.39 Å². The normalized spacial score (nSPS) is 10.4. The van der Waals surface area contributed by atoms with Crippen molar-refractivity contribution in [2.45, 2.75) is 19.9 Å². The summed E-state index contributed by atoms with van der Waals surface area (Å²) >= 11 is 0. The summed E-state index contributed by atoms with van der Waals surface area (Å²) < 4.78 is 13.9. The van der Waals surface area contributed by atoms with Gasteiger partial charge in [-0.1, -0.05) is 24.8 Å². The number of aliphatic hydroxyl groups is 2. The summed E-state index contributed by atoms with van der Waals surface area (Å²) in [5.41, 5.74) is 1.21. The van der Waals surface area contributed by atoms with Gasteiger partial charge in [-0.2, -0.15) is 0 Å². The molecule has 0 aliphatic rings. The summed E-state index contributed by atoms with van der Waals surface area (Å²) in [7, 11) is 0. The van der Waals surface area contributed by atoms with Gasteiger partial charge >= 0.3 is 0 Å². The van der Waals surface area contributed by atoms with Gasteiger partial charge in [-0.05, 0) is 18.7 Å². The highest BCUT2D eigenvalue weighted by molar-refractivity contribution is 5.37. The van der Waals surface area contributed by atoms with E-state index in [-0.39, 0.29) is 19.0 Å². The molecule has 104 valence electrons. The fourth-order valence-electron chi connectivity index (χ4n) is 1.71. The first kappa shape index (κ1) is 15.6. The number of likely N-dealkylation sites (N-methyl/N-ethyl adjacent to an activating group) is 1. The van der Waals surface area contributed by atoms with E-state index in [2.05, 4.69) is 11.8 Å². The molecule has 0 bridgehead atoms. The van der Waals surface area contributed by atoms with E-state index in [1.165, 1.54) is 6.07 Å². The van der Waals surface area contributed by atoms with E-state index in [1.807, 2.05) is 11.8 Å². The fraction of sp³-hybridized carbons (Fsp3) is 0.467. The van der Waals surface area contributed by atoms with Gasteiger partial charge in [-0.25, -0.2) is 4.39 Å². The Morgan fingerprint density at radius 3 is 2.63 bits per heavy atom. The van der Waals surface area contributed by atoms with E-state index < -0.39 is 0 Å². The zero-order valence-corrected chi connectivity index (χ0v) is 11.2. The minimum atomic E-state index is -0.285. The second-order valence-corrected chi connectivity index (χ2v) is 4.17. The molecule has 19 heavy (non-hydrogen) atoms. The van der Waals surface area contributed by atoms with Crippen LogP contribution < -0.4 is 0 Å². The molecule has 0 amide bonds. The van der Waals surface area contributed by atoms with Crippen LogP contribution in [0, 0.1) is 17.7 Å². The highest BCUT2D eigenvalue weighted by atomic mass is 19.1. The Morgan fingerprint density at radius 1 is 1.26 bits per heavy atom. The Balaban J connectivity index is 2.74. The van der Waals surface area contributed by atoms with Crippen molar-refractivity contribution in [3.63, 3.8) is 0 Å². The predicted molar refractivity (Wildman–Crippen MR) is 73.0 cm³/mol. The first-order chi connectivity index (χ1) is 9.21. The Hall–Kier alpha value is -1.41. The molecule has 1 rings (SSSR count). The van der Waals surface area contributed by atoms with Crippen LogP contribution in [0.25, 0.3) is 0 Å². The Morgan fingerprint density at radius 2 is 2.05 bits per heavy atom. The van der Waals surface area contributed by atoms with Crippen molar-refractivity contribution in [3.05, 3.63) is 35.1 Å². The highest BCUT2D eigenvalue weighted by Crippen LogP contribution is 2.12. The van der Waals surface area contributed by atoms with E-state index in [9.17, 15) is 4.39 Å². The van der Waals surface area contributed by atoms with Crippen molar-refractivity contribution in [1.29, 1.82) is 0 Å². The molecule has 0 aliphatic heterocycles. The zero-order chi connectivity index (χ0) is 14.1. The minimum absolute atomic E-state index is 0.0141. The first-order valence-electron chi connectivity index (χ1n) is 6.42. The number of hydrogen-bond donors (Lipinski definition) is 2. The summed E-state index contributed by atoms with van der Waals surface area (Å²) in [4.78, 5) is 1.97. The summed E-state index contributed by atoms with van der Waals surface area (Å²) in [5, 5.41) is 17.5. The third kappa shape index (κ3) is 5.39. The molecule has 0 atom stereocenters. The lowest BCUT2D eigenvalue weighted by molar-refractivity contribution is 0.195. The van der Waals surface area contributed by atoms with Crippen LogP contribution in [0.2, 0.25) is 0 Å². The number of nitrogens with zero attached hydrogens (tertiary/aromatic N) is 1. The molecule has 0 saturated heterocycles. The van der Waals surface area contributed by atoms with Crippen LogP contribution in [0.5, 0.6) is 0 Å². The average molecular weight is 265 g/mol. The zero-order valence-electron chi connectivity index (χ0n) is 11.2. The van der Waals surface area contributed by atoms with Gasteiger partial charge in [-0.15, -0.1) is 0 Å². The molecule has 2 N–H and O–H groups in total. The van der Waals surface area contributed by atoms with Crippen molar-refractivity contribution in [3.8, 4) is 11.8 Å². The number of halogens is 1. The molecular formula is C15H20FNO2. The lowest BCUT2D eigenvalue weighted by atomic mass is 10.1. The summed E-state index contributed by atoms with van der Waals surface area (Å²) in [6.07, 6.45) is 0.392. The van der Waals surface area contributed by atoms with Crippen LogP contribution in [-0.4, -0.2) is 41.4 Å². The summed E-state index contributed by atoms with van der Waals surface area (Å²) in [6, 6.07) is 4.90. The first-order valence-corrected chi connectivity index (χ1v) is 6.42. The van der Waals surface area contributed by atoms with Crippen molar-refractivity contribution in [1.82, 2.24) is 4.90 Å². The van der Waals surface area contributed by atoms with Crippen molar-refractivity contribution < 1.29 is 14.6 Å². The Labute approximate surface area is 113 Å². The fourth-order valence-corrected chi connectivity index (χ4v) is 1.71. The summed E-state index contributed by atoms with van der Waals surface area (Å²) in [6.45, 7) is 3.84. The maximum atomic E-state index is 13.9. The minimum Gasteiger partial charge on any atom is -0.395 e. The standard InChI is InChI=1S/C15H20FNO2/c1-2-17(8-10-19)12-14-7-6-13(11-15(14)16)5-3-4-9-18/h6-7,11,18-19H,2,4,8-10,12H2,1H3. The molecule has 1 aromatic carbocycles. The Kier molecular flexibility index (Phi) is 7.12. The van der Waals surface area contributed by atoms with E-state index >= 15 is 0 Å². The quantitative estimate of drug-likeness (QED) is 0.764. The molecule has 4 heteroatoms. The molecule has 0 aliphatic carbocycles. The maximum Gasteiger partial charge on any atom is 0.128 e. The van der Waals surface area contributed by atoms with Gasteiger partial charge in [0.15, 0.2) is 0 Å². The largest absolute Gasteiger partial charge is 0.395 e. The van der Waals surface area contributed by atoms with Gasteiger partial charge in [0.05, 0.1) is 13.2 Å². The van der Waals surface area contributed by atoms with Gasteiger partial charge < -0.3 is 10.2 Å². The molecule has 0 saturated carbocycles. The molecule has 0 heterocycles. The molecule has 1 aromatic rings. The molecule has 0 spiro atoms. The van der Waals surface area contributed by atoms with Crippen molar-refractivity contribution in [2.75, 3.05) is 26.3 Å². The number of rotatable bonds is 6. The Bertz CT molecular complexity index is 451. The second-order valence-electron chi connectivity index (χ2n) is 4.17. The van der Waals surface area contributed by atoms with Crippen LogP contribution in [-0.2, 0) is 6.54 Å². The van der Waals surface area contributed by atoms with E-state index in [4.69, 9.17) is 10.2 Å². The third-order valence-corrected chi connectivity index (χ3v) is 2.78. The van der Waals surface area contributed by atoms with Gasteiger partial charge in [0.2, 0.25) is 0 Å². The van der Waals surface area contributed by atoms with Crippen LogP contribution >= 0.6 is 0 Å². The molecule has 0 radical (unpaired) electrons. The molecule has 0 unspecified atom stereocenters. The van der Waals surface area contributed by atoms with Crippen molar-refractivity contribution in [2.24, 2.45) is 0 Å². The molecular weight excluding hydrogens is 245 g/mol. The predicted octanol–water partition coefficient (Wildman–Crippen LogP) is 1.37. The van der Waals surface area contributed by atoms with Crippen LogP contribution in [0.15, 0.2) is 18.2 Å². The SMILES string of the molecule is CCN(CCO)Cc1ccc(C#CCCO)cc1F. The molecule has 0 fully saturated rings. The van der Waals surface area contributed by atoms with Gasteiger partial charge in [-0.3, -0.25) is 4.90 Å². The maximum absolute atomic E-state index is 13.9. The van der Waals surface area contributed by atoms with Crippen LogP contribution in [0.3, 0.4) is 0 Å². The van der Waals surface area contributed by atoms with E-state index in [0.717, 1.165) is 6.54 Å². The third-order valence-electron chi connectivity index (χ3n) is 2.78. The smallest absolute Gasteiger partial charge is 0.128 e. The monoisotopic (exact) mass is 265 g/mol. The average Bonchev–Trinajstić information content (AvgIpc) is 2.41. The topological polar surface area (TPSA) is 43.7 Å². The molecule has 0 aromatic heterocycles. The molecule has 3 nitrogen and oxygen atoms in total. The lowest BCUT2D eigenvalue weighted by Gasteiger charge is -2.19. The van der Waals surface area contributed by atoms with E-state index in [0.29, 0.717) is 30.6 Å². The van der Waals surface area contributed by atoms with Crippen molar-refractivity contribution >= 4 is 0 Å². The van der Waals surface area contributed by atoms with Crippen LogP contribution in [0.1, 0.15) is 24.5 Å². The number of benzene rings is 1.